The van der Waals surface area contributed by atoms with Gasteiger partial charge in [0.25, 0.3) is 0 Å². The van der Waals surface area contributed by atoms with Crippen molar-refractivity contribution in [2.75, 3.05) is 26.7 Å². The molecule has 0 saturated carbocycles. The molecular formula is C17H24N2O3. The van der Waals surface area contributed by atoms with E-state index >= 15 is 0 Å². The second-order valence-corrected chi connectivity index (χ2v) is 5.64. The van der Waals surface area contributed by atoms with E-state index in [-0.39, 0.29) is 17.6 Å². The van der Waals surface area contributed by atoms with E-state index in [1.165, 1.54) is 0 Å². The molecule has 1 aliphatic heterocycles. The summed E-state index contributed by atoms with van der Waals surface area (Å²) < 4.78 is 5.10. The smallest absolute Gasteiger partial charge is 0.222 e. The Morgan fingerprint density at radius 1 is 1.23 bits per heavy atom. The van der Waals surface area contributed by atoms with Gasteiger partial charge in [0.05, 0.1) is 7.11 Å². The fraction of sp³-hybridized carbons (Fsp3) is 0.529. The van der Waals surface area contributed by atoms with E-state index in [0.717, 1.165) is 25.0 Å². The van der Waals surface area contributed by atoms with Gasteiger partial charge in [-0.2, -0.15) is 0 Å². The highest BCUT2D eigenvalue weighted by molar-refractivity contribution is 5.98. The molecule has 1 fully saturated rings. The first kappa shape index (κ1) is 16.5. The van der Waals surface area contributed by atoms with Gasteiger partial charge in [-0.3, -0.25) is 9.59 Å². The Labute approximate surface area is 131 Å². The van der Waals surface area contributed by atoms with Crippen LogP contribution in [0.2, 0.25) is 0 Å². The van der Waals surface area contributed by atoms with Crippen LogP contribution in [0.1, 0.15) is 36.0 Å². The maximum atomic E-state index is 12.5. The number of nitrogens with two attached hydrogens (primary N) is 1. The van der Waals surface area contributed by atoms with Crippen molar-refractivity contribution in [3.05, 3.63) is 29.8 Å². The first-order valence-electron chi connectivity index (χ1n) is 7.82. The lowest BCUT2D eigenvalue weighted by Gasteiger charge is -2.31. The van der Waals surface area contributed by atoms with E-state index < -0.39 is 0 Å². The standard InChI is InChI=1S/C17H24N2O3/c1-22-15-6-4-13(5-7-15)17(21)14-8-11-19(12-9-14)16(20)3-2-10-18/h4-7,14H,2-3,8-12,18H2,1H3. The van der Waals surface area contributed by atoms with Gasteiger partial charge < -0.3 is 15.4 Å². The molecule has 1 aromatic carbocycles. The third kappa shape index (κ3) is 4.07. The predicted molar refractivity (Wildman–Crippen MR) is 84.9 cm³/mol. The lowest BCUT2D eigenvalue weighted by atomic mass is 9.88. The maximum absolute atomic E-state index is 12.5. The molecule has 0 radical (unpaired) electrons. The number of ketones is 1. The fourth-order valence-corrected chi connectivity index (χ4v) is 2.79. The summed E-state index contributed by atoms with van der Waals surface area (Å²) in [5.41, 5.74) is 6.15. The van der Waals surface area contributed by atoms with Gasteiger partial charge in [0, 0.05) is 31.0 Å². The molecule has 0 aromatic heterocycles. The lowest BCUT2D eigenvalue weighted by Crippen LogP contribution is -2.40. The molecule has 1 amide bonds. The number of nitrogens with zero attached hydrogens (tertiary/aromatic N) is 1. The predicted octanol–water partition coefficient (Wildman–Crippen LogP) is 1.86. The van der Waals surface area contributed by atoms with E-state index in [2.05, 4.69) is 0 Å². The zero-order valence-corrected chi connectivity index (χ0v) is 13.1. The zero-order chi connectivity index (χ0) is 15.9. The van der Waals surface area contributed by atoms with Gasteiger partial charge >= 0.3 is 0 Å². The minimum absolute atomic E-state index is 0.00644. The van der Waals surface area contributed by atoms with Crippen LogP contribution in [-0.2, 0) is 4.79 Å². The van der Waals surface area contributed by atoms with Crippen LogP contribution >= 0.6 is 0 Å². The largest absolute Gasteiger partial charge is 0.497 e. The average Bonchev–Trinajstić information content (AvgIpc) is 2.59. The molecule has 0 aliphatic carbocycles. The average molecular weight is 304 g/mol. The van der Waals surface area contributed by atoms with Crippen molar-refractivity contribution in [3.63, 3.8) is 0 Å². The van der Waals surface area contributed by atoms with Gasteiger partial charge in [0.1, 0.15) is 5.75 Å². The number of likely N-dealkylation sites (tertiary alicyclic amines) is 1. The normalized spacial score (nSPS) is 15.6. The highest BCUT2D eigenvalue weighted by Gasteiger charge is 2.27. The summed E-state index contributed by atoms with van der Waals surface area (Å²) >= 11 is 0. The fourth-order valence-electron chi connectivity index (χ4n) is 2.79. The summed E-state index contributed by atoms with van der Waals surface area (Å²) in [4.78, 5) is 26.3. The van der Waals surface area contributed by atoms with Crippen LogP contribution in [0.4, 0.5) is 0 Å². The summed E-state index contributed by atoms with van der Waals surface area (Å²) in [5, 5.41) is 0. The van der Waals surface area contributed by atoms with Crippen molar-refractivity contribution in [2.45, 2.75) is 25.7 Å². The van der Waals surface area contributed by atoms with E-state index in [9.17, 15) is 9.59 Å². The molecule has 2 N–H and O–H groups in total. The van der Waals surface area contributed by atoms with Crippen LogP contribution in [-0.4, -0.2) is 43.3 Å². The molecule has 0 unspecified atom stereocenters. The number of carbonyl (C=O) groups is 2. The number of carbonyl (C=O) groups excluding carboxylic acids is 2. The van der Waals surface area contributed by atoms with Crippen molar-refractivity contribution in [1.82, 2.24) is 4.90 Å². The Hall–Kier alpha value is -1.88. The van der Waals surface area contributed by atoms with Crippen molar-refractivity contribution in [3.8, 4) is 5.75 Å². The third-order valence-corrected chi connectivity index (χ3v) is 4.19. The van der Waals surface area contributed by atoms with Crippen LogP contribution < -0.4 is 10.5 Å². The Bertz CT molecular complexity index is 505. The first-order valence-corrected chi connectivity index (χ1v) is 7.82. The molecule has 2 rings (SSSR count). The first-order chi connectivity index (χ1) is 10.7. The lowest BCUT2D eigenvalue weighted by molar-refractivity contribution is -0.132. The van der Waals surface area contributed by atoms with Gasteiger partial charge in [0.2, 0.25) is 5.91 Å². The van der Waals surface area contributed by atoms with Crippen LogP contribution in [0.25, 0.3) is 0 Å². The Balaban J connectivity index is 1.87. The van der Waals surface area contributed by atoms with Crippen molar-refractivity contribution in [2.24, 2.45) is 11.7 Å². The number of hydrogen-bond donors (Lipinski definition) is 1. The van der Waals surface area contributed by atoms with Crippen LogP contribution in [0.5, 0.6) is 5.75 Å². The molecule has 0 atom stereocenters. The molecule has 1 aliphatic rings. The summed E-state index contributed by atoms with van der Waals surface area (Å²) in [6, 6.07) is 7.22. The minimum atomic E-state index is 0.00644. The number of benzene rings is 1. The number of methoxy groups -OCH3 is 1. The molecule has 5 heteroatoms. The monoisotopic (exact) mass is 304 g/mol. The third-order valence-electron chi connectivity index (χ3n) is 4.19. The number of rotatable bonds is 6. The van der Waals surface area contributed by atoms with E-state index in [4.69, 9.17) is 10.5 Å². The summed E-state index contributed by atoms with van der Waals surface area (Å²) in [5.74, 6) is 1.07. The van der Waals surface area contributed by atoms with Gasteiger partial charge in [-0.15, -0.1) is 0 Å². The molecule has 0 spiro atoms. The van der Waals surface area contributed by atoms with Crippen molar-refractivity contribution < 1.29 is 14.3 Å². The second kappa shape index (κ2) is 7.94. The van der Waals surface area contributed by atoms with Gasteiger partial charge in [-0.25, -0.2) is 0 Å². The number of amides is 1. The molecule has 120 valence electrons. The molecule has 0 bridgehead atoms. The maximum Gasteiger partial charge on any atom is 0.222 e. The molecular weight excluding hydrogens is 280 g/mol. The summed E-state index contributed by atoms with van der Waals surface area (Å²) in [6.07, 6.45) is 2.70. The Kier molecular flexibility index (Phi) is 5.95. The van der Waals surface area contributed by atoms with Crippen molar-refractivity contribution in [1.29, 1.82) is 0 Å². The number of ether oxygens (including phenoxy) is 1. The SMILES string of the molecule is COc1ccc(C(=O)C2CCN(C(=O)CCCN)CC2)cc1. The van der Waals surface area contributed by atoms with Gasteiger partial charge in [-0.05, 0) is 50.1 Å². The quantitative estimate of drug-likeness (QED) is 0.814. The van der Waals surface area contributed by atoms with Gasteiger partial charge in [0.15, 0.2) is 5.78 Å². The molecule has 5 nitrogen and oxygen atoms in total. The number of piperidine rings is 1. The highest BCUT2D eigenvalue weighted by Crippen LogP contribution is 2.23. The Morgan fingerprint density at radius 2 is 1.86 bits per heavy atom. The van der Waals surface area contributed by atoms with Crippen molar-refractivity contribution >= 4 is 11.7 Å². The van der Waals surface area contributed by atoms with E-state index in [0.29, 0.717) is 31.6 Å². The second-order valence-electron chi connectivity index (χ2n) is 5.64. The molecule has 22 heavy (non-hydrogen) atoms. The zero-order valence-electron chi connectivity index (χ0n) is 13.1. The van der Waals surface area contributed by atoms with Crippen LogP contribution in [0.15, 0.2) is 24.3 Å². The molecule has 1 saturated heterocycles. The number of hydrogen-bond acceptors (Lipinski definition) is 4. The van der Waals surface area contributed by atoms with Crippen LogP contribution in [0, 0.1) is 5.92 Å². The van der Waals surface area contributed by atoms with Crippen LogP contribution in [0.3, 0.4) is 0 Å². The molecule has 1 aromatic rings. The minimum Gasteiger partial charge on any atom is -0.497 e. The van der Waals surface area contributed by atoms with E-state index in [1.54, 1.807) is 31.4 Å². The highest BCUT2D eigenvalue weighted by atomic mass is 16.5. The summed E-state index contributed by atoms with van der Waals surface area (Å²) in [7, 11) is 1.61. The Morgan fingerprint density at radius 3 is 2.41 bits per heavy atom. The number of Topliss-reactive ketones (excluding diaryl/α,β-unsaturated/α-hetero) is 1. The molecule has 1 heterocycles. The summed E-state index contributed by atoms with van der Waals surface area (Å²) in [6.45, 7) is 1.87. The topological polar surface area (TPSA) is 72.6 Å². The van der Waals surface area contributed by atoms with Gasteiger partial charge in [-0.1, -0.05) is 0 Å². The van der Waals surface area contributed by atoms with E-state index in [1.807, 2.05) is 4.90 Å².